The molecule has 0 aromatic heterocycles. The second-order valence-corrected chi connectivity index (χ2v) is 14.8. The fourth-order valence-electron chi connectivity index (χ4n) is 5.82. The van der Waals surface area contributed by atoms with Crippen molar-refractivity contribution in [3.05, 3.63) is 97.2 Å². The van der Waals surface area contributed by atoms with Crippen LogP contribution >= 0.6 is 0 Å². The lowest BCUT2D eigenvalue weighted by Crippen LogP contribution is -2.30. The molecule has 0 radical (unpaired) electrons. The minimum atomic E-state index is -0.798. The van der Waals surface area contributed by atoms with Crippen molar-refractivity contribution in [1.29, 1.82) is 0 Å². The van der Waals surface area contributed by atoms with Gasteiger partial charge >= 0.3 is 17.9 Å². The maximum Gasteiger partial charge on any atom is 0.306 e. The Kier molecular flexibility index (Phi) is 42.1. The average Bonchev–Trinajstić information content (AvgIpc) is 3.21. The van der Waals surface area contributed by atoms with Gasteiger partial charge in [0.15, 0.2) is 6.10 Å². The van der Waals surface area contributed by atoms with Gasteiger partial charge in [0, 0.05) is 19.3 Å². The van der Waals surface area contributed by atoms with Gasteiger partial charge in [0.1, 0.15) is 13.2 Å². The fourth-order valence-corrected chi connectivity index (χ4v) is 5.82. The molecule has 0 amide bonds. The van der Waals surface area contributed by atoms with Crippen molar-refractivity contribution >= 4 is 17.9 Å². The van der Waals surface area contributed by atoms with Crippen molar-refractivity contribution in [2.24, 2.45) is 0 Å². The number of hydrogen-bond donors (Lipinski definition) is 0. The summed E-state index contributed by atoms with van der Waals surface area (Å²) in [5, 5.41) is 0. The molecule has 0 fully saturated rings. The summed E-state index contributed by atoms with van der Waals surface area (Å²) in [5.41, 5.74) is 0. The maximum atomic E-state index is 12.7. The first-order valence-corrected chi connectivity index (χ1v) is 22.8. The first-order chi connectivity index (χ1) is 28.0. The molecule has 0 saturated carbocycles. The normalized spacial score (nSPS) is 13.0. The van der Waals surface area contributed by atoms with Gasteiger partial charge in [-0.25, -0.2) is 0 Å². The number of rotatable bonds is 39. The van der Waals surface area contributed by atoms with Gasteiger partial charge in [-0.15, -0.1) is 0 Å². The van der Waals surface area contributed by atoms with Crippen LogP contribution < -0.4 is 0 Å². The van der Waals surface area contributed by atoms with E-state index in [1.807, 2.05) is 72.9 Å². The summed E-state index contributed by atoms with van der Waals surface area (Å²) in [6.45, 7) is 6.36. The molecule has 0 aromatic carbocycles. The third kappa shape index (κ3) is 43.3. The first kappa shape index (κ1) is 53.3. The highest BCUT2D eigenvalue weighted by atomic mass is 16.6. The van der Waals surface area contributed by atoms with Gasteiger partial charge in [0.2, 0.25) is 0 Å². The number of carbonyl (C=O) groups is 3. The molecule has 0 heterocycles. The highest BCUT2D eigenvalue weighted by Gasteiger charge is 2.19. The highest BCUT2D eigenvalue weighted by molar-refractivity contribution is 5.71. The topological polar surface area (TPSA) is 78.9 Å². The molecule has 0 saturated heterocycles. The summed E-state index contributed by atoms with van der Waals surface area (Å²) in [7, 11) is 0. The summed E-state index contributed by atoms with van der Waals surface area (Å²) in [6.07, 6.45) is 58.1. The van der Waals surface area contributed by atoms with Crippen molar-refractivity contribution in [2.75, 3.05) is 13.2 Å². The molecule has 0 N–H and O–H groups in total. The zero-order valence-corrected chi connectivity index (χ0v) is 36.6. The van der Waals surface area contributed by atoms with Gasteiger partial charge in [-0.2, -0.15) is 0 Å². The Labute approximate surface area is 349 Å². The largest absolute Gasteiger partial charge is 0.462 e. The van der Waals surface area contributed by atoms with Crippen LogP contribution in [0.1, 0.15) is 188 Å². The molecule has 6 nitrogen and oxygen atoms in total. The lowest BCUT2D eigenvalue weighted by atomic mass is 10.1. The van der Waals surface area contributed by atoms with Crippen molar-refractivity contribution in [1.82, 2.24) is 0 Å². The Bertz CT molecular complexity index is 1180. The minimum absolute atomic E-state index is 0.0974. The highest BCUT2D eigenvalue weighted by Crippen LogP contribution is 2.13. The van der Waals surface area contributed by atoms with Crippen molar-refractivity contribution in [3.63, 3.8) is 0 Å². The summed E-state index contributed by atoms with van der Waals surface area (Å²) in [5.74, 6) is -0.969. The zero-order chi connectivity index (χ0) is 41.5. The van der Waals surface area contributed by atoms with Crippen LogP contribution in [0.3, 0.4) is 0 Å². The van der Waals surface area contributed by atoms with Gasteiger partial charge in [-0.3, -0.25) is 14.4 Å². The summed E-state index contributed by atoms with van der Waals surface area (Å²) >= 11 is 0. The molecule has 6 heteroatoms. The molecule has 0 aliphatic rings. The average molecular weight is 791 g/mol. The van der Waals surface area contributed by atoms with E-state index in [1.165, 1.54) is 57.8 Å². The quantitative estimate of drug-likeness (QED) is 0.0203. The third-order valence-electron chi connectivity index (χ3n) is 9.27. The SMILES string of the molecule is CC\C=C/C=C\C=C/C=C\C=C\C=C/C=C\CCCCCC(=O)OCC(COC(=O)CCCCCCCCCCCC)OC(=O)CCCCCC/C=C\CCCC. The number of allylic oxidation sites excluding steroid dienone is 16. The molecule has 1 unspecified atom stereocenters. The number of carbonyl (C=O) groups excluding carboxylic acids is 3. The van der Waals surface area contributed by atoms with E-state index in [9.17, 15) is 14.4 Å². The first-order valence-electron chi connectivity index (χ1n) is 22.8. The van der Waals surface area contributed by atoms with Crippen LogP contribution in [-0.4, -0.2) is 37.2 Å². The van der Waals surface area contributed by atoms with E-state index in [-0.39, 0.29) is 31.1 Å². The molecule has 1 atom stereocenters. The molecular formula is C51H82O6. The molecule has 0 bridgehead atoms. The van der Waals surface area contributed by atoms with E-state index in [1.54, 1.807) is 0 Å². The second kappa shape index (κ2) is 45.0. The molecule has 322 valence electrons. The Balaban J connectivity index is 4.47. The summed E-state index contributed by atoms with van der Waals surface area (Å²) in [6, 6.07) is 0. The van der Waals surface area contributed by atoms with Gasteiger partial charge in [0.25, 0.3) is 0 Å². The van der Waals surface area contributed by atoms with E-state index in [4.69, 9.17) is 14.2 Å². The van der Waals surface area contributed by atoms with Gasteiger partial charge in [0.05, 0.1) is 0 Å². The third-order valence-corrected chi connectivity index (χ3v) is 9.27. The predicted octanol–water partition coefficient (Wildman–Crippen LogP) is 14.6. The number of ether oxygens (including phenoxy) is 3. The monoisotopic (exact) mass is 791 g/mol. The molecule has 0 spiro atoms. The molecule has 0 aliphatic carbocycles. The van der Waals surface area contributed by atoms with Crippen LogP contribution in [0, 0.1) is 0 Å². The molecule has 0 aromatic rings. The van der Waals surface area contributed by atoms with Crippen LogP contribution in [0.25, 0.3) is 0 Å². The lowest BCUT2D eigenvalue weighted by Gasteiger charge is -2.18. The van der Waals surface area contributed by atoms with Crippen molar-refractivity contribution < 1.29 is 28.6 Å². The van der Waals surface area contributed by atoms with Gasteiger partial charge < -0.3 is 14.2 Å². The van der Waals surface area contributed by atoms with E-state index in [0.717, 1.165) is 89.9 Å². The molecule has 0 rings (SSSR count). The van der Waals surface area contributed by atoms with E-state index < -0.39 is 6.10 Å². The van der Waals surface area contributed by atoms with Crippen LogP contribution in [0.4, 0.5) is 0 Å². The second-order valence-electron chi connectivity index (χ2n) is 14.8. The van der Waals surface area contributed by atoms with Crippen LogP contribution in [0.2, 0.25) is 0 Å². The predicted molar refractivity (Wildman–Crippen MR) is 242 cm³/mol. The van der Waals surface area contributed by atoms with E-state index in [0.29, 0.717) is 19.3 Å². The minimum Gasteiger partial charge on any atom is -0.462 e. The fraction of sp³-hybridized carbons (Fsp3) is 0.627. The Morgan fingerprint density at radius 3 is 1.19 bits per heavy atom. The number of hydrogen-bond acceptors (Lipinski definition) is 6. The zero-order valence-electron chi connectivity index (χ0n) is 36.6. The van der Waals surface area contributed by atoms with Crippen LogP contribution in [0.5, 0.6) is 0 Å². The van der Waals surface area contributed by atoms with Crippen molar-refractivity contribution in [2.45, 2.75) is 194 Å². The van der Waals surface area contributed by atoms with E-state index in [2.05, 4.69) is 45.1 Å². The summed E-state index contributed by atoms with van der Waals surface area (Å²) in [4.78, 5) is 37.7. The molecule has 57 heavy (non-hydrogen) atoms. The van der Waals surface area contributed by atoms with E-state index >= 15 is 0 Å². The standard InChI is InChI=1S/C51H82O6/c1-4-7-10-13-16-19-22-23-24-25-26-27-28-29-30-33-35-38-41-44-50(53)56-47-48(57-51(54)45-42-39-36-32-21-18-15-12-9-6-3)46-55-49(52)43-40-37-34-31-20-17-14-11-8-5-2/h7,10,13,15-16,18-19,22-30,48H,4-6,8-9,11-12,14,17,20-21,31-47H2,1-3H3/b10-7-,16-13-,18-15-,22-19-,24-23-,26-25+,28-27-,30-29-. The molecule has 0 aliphatic heterocycles. The van der Waals surface area contributed by atoms with Gasteiger partial charge in [-0.05, 0) is 57.8 Å². The Hall–Kier alpha value is -3.67. The Morgan fingerprint density at radius 2 is 0.719 bits per heavy atom. The lowest BCUT2D eigenvalue weighted by molar-refractivity contribution is -0.167. The smallest absolute Gasteiger partial charge is 0.306 e. The summed E-state index contributed by atoms with van der Waals surface area (Å²) < 4.78 is 16.6. The van der Waals surface area contributed by atoms with Crippen LogP contribution in [0.15, 0.2) is 97.2 Å². The van der Waals surface area contributed by atoms with Gasteiger partial charge in [-0.1, -0.05) is 208 Å². The number of unbranched alkanes of at least 4 members (excludes halogenated alkanes) is 18. The number of esters is 3. The Morgan fingerprint density at radius 1 is 0.368 bits per heavy atom. The van der Waals surface area contributed by atoms with Crippen molar-refractivity contribution in [3.8, 4) is 0 Å². The maximum absolute atomic E-state index is 12.7. The van der Waals surface area contributed by atoms with Crippen LogP contribution in [-0.2, 0) is 28.6 Å². The molecular weight excluding hydrogens is 709 g/mol.